The molecule has 1 aromatic heterocycles. The number of H-pyrrole nitrogens is 1. The van der Waals surface area contributed by atoms with Gasteiger partial charge in [0, 0.05) is 24.2 Å². The Morgan fingerprint density at radius 3 is 2.73 bits per heavy atom. The first-order chi connectivity index (χ1) is 15.7. The van der Waals surface area contributed by atoms with Gasteiger partial charge in [-0.3, -0.25) is 19.1 Å². The normalized spacial score (nSPS) is 20.8. The molecular weight excluding hydrogens is 434 g/mol. The molecule has 11 heteroatoms. The summed E-state index contributed by atoms with van der Waals surface area (Å²) in [6.07, 6.45) is -1.91. The molecule has 0 radical (unpaired) electrons. The Labute approximate surface area is 189 Å². The maximum absolute atomic E-state index is 12.1. The lowest BCUT2D eigenvalue weighted by Gasteiger charge is -2.17. The van der Waals surface area contributed by atoms with E-state index in [4.69, 9.17) is 14.2 Å². The van der Waals surface area contributed by atoms with Gasteiger partial charge >= 0.3 is 17.8 Å². The molecule has 178 valence electrons. The van der Waals surface area contributed by atoms with E-state index in [0.717, 1.165) is 5.56 Å². The molecule has 11 nitrogen and oxygen atoms in total. The number of carbonyl (C=O) groups is 2. The fraction of sp³-hybridized carbons (Fsp3) is 0.455. The third kappa shape index (κ3) is 6.77. The van der Waals surface area contributed by atoms with Crippen LogP contribution in [-0.2, 0) is 25.6 Å². The lowest BCUT2D eigenvalue weighted by atomic mass is 10.2. The summed E-state index contributed by atoms with van der Waals surface area (Å²) >= 11 is 0. The fourth-order valence-electron chi connectivity index (χ4n) is 3.34. The van der Waals surface area contributed by atoms with E-state index in [-0.39, 0.29) is 26.1 Å². The number of aliphatic hydroxyl groups is 1. The number of aromatic nitrogens is 2. The summed E-state index contributed by atoms with van der Waals surface area (Å²) in [6.45, 7) is 3.07. The standard InChI is InChI=1S/C22H27N3O8/c1-13-10-25(21(29)24-20(13)28)18-9-16(26)17(33-18)12-31-19(27)8-14(2)23-22(30)32-11-15-6-4-3-5-7-15/h3-7,10,14,16-18,26H,8-9,11-12H2,1-2H3,(H,23,30)(H,24,28,29)/t14-,16-,17+,18+/m0/s1. The number of nitrogens with zero attached hydrogens (tertiary/aromatic N) is 1. The van der Waals surface area contributed by atoms with Crippen molar-refractivity contribution in [3.8, 4) is 0 Å². The number of ether oxygens (including phenoxy) is 3. The van der Waals surface area contributed by atoms with Gasteiger partial charge in [-0.2, -0.15) is 0 Å². The summed E-state index contributed by atoms with van der Waals surface area (Å²) < 4.78 is 17.1. The highest BCUT2D eigenvalue weighted by Crippen LogP contribution is 2.27. The number of aliphatic hydroxyl groups excluding tert-OH is 1. The predicted molar refractivity (Wildman–Crippen MR) is 115 cm³/mol. The Morgan fingerprint density at radius 1 is 1.27 bits per heavy atom. The van der Waals surface area contributed by atoms with Crippen LogP contribution in [0.5, 0.6) is 0 Å². The Bertz CT molecular complexity index is 1080. The number of hydrogen-bond acceptors (Lipinski definition) is 8. The van der Waals surface area contributed by atoms with E-state index in [1.54, 1.807) is 13.8 Å². The van der Waals surface area contributed by atoms with Gasteiger partial charge in [-0.05, 0) is 19.4 Å². The van der Waals surface area contributed by atoms with E-state index >= 15 is 0 Å². The molecule has 0 spiro atoms. The average molecular weight is 461 g/mol. The zero-order valence-electron chi connectivity index (χ0n) is 18.4. The highest BCUT2D eigenvalue weighted by atomic mass is 16.6. The first kappa shape index (κ1) is 24.2. The van der Waals surface area contributed by atoms with Gasteiger partial charge in [-0.1, -0.05) is 30.3 Å². The summed E-state index contributed by atoms with van der Waals surface area (Å²) in [7, 11) is 0. The van der Waals surface area contributed by atoms with Gasteiger partial charge in [0.25, 0.3) is 5.56 Å². The quantitative estimate of drug-likeness (QED) is 0.488. The van der Waals surface area contributed by atoms with Crippen LogP contribution in [0.3, 0.4) is 0 Å². The molecule has 2 heterocycles. The summed E-state index contributed by atoms with van der Waals surface area (Å²) in [6, 6.07) is 8.65. The number of aromatic amines is 1. The molecule has 0 bridgehead atoms. The fourth-order valence-corrected chi connectivity index (χ4v) is 3.34. The van der Waals surface area contributed by atoms with Gasteiger partial charge in [0.1, 0.15) is 25.5 Å². The van der Waals surface area contributed by atoms with Crippen molar-refractivity contribution in [1.82, 2.24) is 14.9 Å². The van der Waals surface area contributed by atoms with Crippen molar-refractivity contribution in [1.29, 1.82) is 0 Å². The van der Waals surface area contributed by atoms with Crippen LogP contribution in [0.1, 0.15) is 37.1 Å². The monoisotopic (exact) mass is 461 g/mol. The third-order valence-corrected chi connectivity index (χ3v) is 5.12. The number of aryl methyl sites for hydroxylation is 1. The van der Waals surface area contributed by atoms with E-state index in [0.29, 0.717) is 5.56 Å². The molecule has 1 saturated heterocycles. The van der Waals surface area contributed by atoms with E-state index < -0.39 is 47.8 Å². The number of hydrogen-bond donors (Lipinski definition) is 3. The molecule has 0 aliphatic carbocycles. The lowest BCUT2D eigenvalue weighted by molar-refractivity contribution is -0.150. The molecular formula is C22H27N3O8. The van der Waals surface area contributed by atoms with Crippen LogP contribution in [0, 0.1) is 6.92 Å². The van der Waals surface area contributed by atoms with Crippen LogP contribution >= 0.6 is 0 Å². The Hall–Kier alpha value is -3.44. The van der Waals surface area contributed by atoms with Crippen LogP contribution < -0.4 is 16.6 Å². The Morgan fingerprint density at radius 2 is 2.00 bits per heavy atom. The molecule has 3 rings (SSSR count). The second-order valence-corrected chi connectivity index (χ2v) is 7.91. The van der Waals surface area contributed by atoms with Crippen LogP contribution in [0.4, 0.5) is 4.79 Å². The molecule has 1 aromatic carbocycles. The molecule has 3 N–H and O–H groups in total. The van der Waals surface area contributed by atoms with E-state index in [1.807, 2.05) is 30.3 Å². The SMILES string of the molecule is Cc1cn([C@H]2C[C@H](O)[C@@H](COC(=O)C[C@H](C)NC(=O)OCc3ccccc3)O2)c(=O)[nH]c1=O. The Kier molecular flexibility index (Phi) is 8.01. The first-order valence-electron chi connectivity index (χ1n) is 10.5. The number of carbonyl (C=O) groups excluding carboxylic acids is 2. The smallest absolute Gasteiger partial charge is 0.407 e. The first-order valence-corrected chi connectivity index (χ1v) is 10.5. The minimum Gasteiger partial charge on any atom is -0.463 e. The number of amides is 1. The Balaban J connectivity index is 1.42. The van der Waals surface area contributed by atoms with Crippen LogP contribution in [0.25, 0.3) is 0 Å². The molecule has 1 aliphatic rings. The van der Waals surface area contributed by atoms with Crippen molar-refractivity contribution in [2.24, 2.45) is 0 Å². The second kappa shape index (κ2) is 10.9. The maximum Gasteiger partial charge on any atom is 0.407 e. The average Bonchev–Trinajstić information content (AvgIpc) is 3.14. The number of esters is 1. The van der Waals surface area contributed by atoms with Crippen LogP contribution in [-0.4, -0.2) is 51.6 Å². The van der Waals surface area contributed by atoms with Crippen molar-refractivity contribution in [3.05, 3.63) is 68.5 Å². The van der Waals surface area contributed by atoms with Crippen LogP contribution in [0.2, 0.25) is 0 Å². The molecule has 0 unspecified atom stereocenters. The number of nitrogens with one attached hydrogen (secondary N) is 2. The van der Waals surface area contributed by atoms with Crippen molar-refractivity contribution < 1.29 is 28.9 Å². The van der Waals surface area contributed by atoms with Gasteiger partial charge in [0.15, 0.2) is 0 Å². The zero-order chi connectivity index (χ0) is 24.0. The number of benzene rings is 1. The highest BCUT2D eigenvalue weighted by molar-refractivity contribution is 5.72. The minimum atomic E-state index is -0.967. The summed E-state index contributed by atoms with van der Waals surface area (Å²) in [4.78, 5) is 49.7. The largest absolute Gasteiger partial charge is 0.463 e. The summed E-state index contributed by atoms with van der Waals surface area (Å²) in [5.41, 5.74) is 0.0187. The number of rotatable bonds is 8. The second-order valence-electron chi connectivity index (χ2n) is 7.91. The zero-order valence-corrected chi connectivity index (χ0v) is 18.4. The van der Waals surface area contributed by atoms with Gasteiger partial charge in [-0.25, -0.2) is 9.59 Å². The van der Waals surface area contributed by atoms with Crippen LogP contribution in [0.15, 0.2) is 46.1 Å². The topological polar surface area (TPSA) is 149 Å². The summed E-state index contributed by atoms with van der Waals surface area (Å²) in [5, 5.41) is 12.8. The van der Waals surface area contributed by atoms with Gasteiger partial charge in [-0.15, -0.1) is 0 Å². The third-order valence-electron chi connectivity index (χ3n) is 5.12. The lowest BCUT2D eigenvalue weighted by Crippen LogP contribution is -2.36. The van der Waals surface area contributed by atoms with Crippen molar-refractivity contribution in [2.75, 3.05) is 6.61 Å². The molecule has 1 fully saturated rings. The van der Waals surface area contributed by atoms with Gasteiger partial charge < -0.3 is 24.6 Å². The molecule has 1 aliphatic heterocycles. The maximum atomic E-state index is 12.1. The molecule has 33 heavy (non-hydrogen) atoms. The van der Waals surface area contributed by atoms with Crippen molar-refractivity contribution >= 4 is 12.1 Å². The molecule has 4 atom stereocenters. The molecule has 0 saturated carbocycles. The van der Waals surface area contributed by atoms with Crippen molar-refractivity contribution in [2.45, 2.75) is 57.8 Å². The predicted octanol–water partition coefficient (Wildman–Crippen LogP) is 0.742. The minimum absolute atomic E-state index is 0.0961. The van der Waals surface area contributed by atoms with E-state index in [9.17, 15) is 24.3 Å². The van der Waals surface area contributed by atoms with Crippen molar-refractivity contribution in [3.63, 3.8) is 0 Å². The van der Waals surface area contributed by atoms with Gasteiger partial charge in [0.2, 0.25) is 0 Å². The van der Waals surface area contributed by atoms with E-state index in [1.165, 1.54) is 10.8 Å². The highest BCUT2D eigenvalue weighted by Gasteiger charge is 2.36. The van der Waals surface area contributed by atoms with E-state index in [2.05, 4.69) is 10.3 Å². The number of alkyl carbamates (subject to hydrolysis) is 1. The molecule has 2 aromatic rings. The molecule has 1 amide bonds. The van der Waals surface area contributed by atoms with Gasteiger partial charge in [0.05, 0.1) is 12.5 Å². The summed E-state index contributed by atoms with van der Waals surface area (Å²) in [5.74, 6) is -0.595.